The topological polar surface area (TPSA) is 81.5 Å². The Balaban J connectivity index is 1.93. The first-order valence-electron chi connectivity index (χ1n) is 9.70. The van der Waals surface area contributed by atoms with Crippen LogP contribution in [0.5, 0.6) is 0 Å². The van der Waals surface area contributed by atoms with E-state index >= 15 is 0 Å². The minimum Gasteiger partial charge on any atom is -0.443 e. The van der Waals surface area contributed by atoms with Gasteiger partial charge in [-0.25, -0.2) is 4.79 Å². The Kier molecular flexibility index (Phi) is 6.11. The minimum absolute atomic E-state index is 0.108. The van der Waals surface area contributed by atoms with Crippen LogP contribution in [0.2, 0.25) is 0 Å². The van der Waals surface area contributed by atoms with E-state index in [9.17, 15) is 4.79 Å². The van der Waals surface area contributed by atoms with Crippen LogP contribution < -0.4 is 4.90 Å². The highest BCUT2D eigenvalue weighted by Crippen LogP contribution is 2.38. The molecule has 152 valence electrons. The normalized spacial score (nSPS) is 16.2. The van der Waals surface area contributed by atoms with E-state index in [1.807, 2.05) is 51.1 Å². The Bertz CT molecular complexity index is 917. The highest BCUT2D eigenvalue weighted by atomic mass is 16.6. The van der Waals surface area contributed by atoms with Gasteiger partial charge in [0.1, 0.15) is 5.60 Å². The summed E-state index contributed by atoms with van der Waals surface area (Å²) in [4.78, 5) is 19.8. The Morgan fingerprint density at radius 3 is 2.62 bits per heavy atom. The first-order valence-corrected chi connectivity index (χ1v) is 9.70. The molecule has 2 aromatic rings. The van der Waals surface area contributed by atoms with Gasteiger partial charge in [-0.3, -0.25) is 9.80 Å². The average Bonchev–Trinajstić information content (AvgIpc) is 2.67. The number of anilines is 1. The standard InChI is InChI=1S/C22H27N5O2/c1-22(2,3)29-21(28)27-15-18(26(4)14-16-9-6-5-7-10-16)13-17-11-8-12-19(20(17)27)24-25-23/h5-12,18H,13-15H2,1-4H3/t18-/m1/s1. The van der Waals surface area contributed by atoms with E-state index in [2.05, 4.69) is 34.1 Å². The molecule has 29 heavy (non-hydrogen) atoms. The monoisotopic (exact) mass is 393 g/mol. The van der Waals surface area contributed by atoms with Crippen molar-refractivity contribution < 1.29 is 9.53 Å². The van der Waals surface area contributed by atoms with Crippen LogP contribution in [0, 0.1) is 0 Å². The zero-order valence-corrected chi connectivity index (χ0v) is 17.4. The van der Waals surface area contributed by atoms with E-state index in [0.29, 0.717) is 17.9 Å². The number of hydrogen-bond donors (Lipinski definition) is 0. The Morgan fingerprint density at radius 2 is 1.97 bits per heavy atom. The second kappa shape index (κ2) is 8.55. The molecule has 3 rings (SSSR count). The van der Waals surface area contributed by atoms with Gasteiger partial charge in [0.05, 0.1) is 11.4 Å². The van der Waals surface area contributed by atoms with E-state index < -0.39 is 11.7 Å². The molecule has 0 aliphatic carbocycles. The molecule has 0 N–H and O–H groups in total. The predicted octanol–water partition coefficient (Wildman–Crippen LogP) is 5.43. The van der Waals surface area contributed by atoms with E-state index in [1.165, 1.54) is 5.56 Å². The third-order valence-electron chi connectivity index (χ3n) is 4.88. The number of hydrogen-bond acceptors (Lipinski definition) is 4. The molecular formula is C22H27N5O2. The largest absolute Gasteiger partial charge is 0.443 e. The molecule has 1 heterocycles. The molecule has 0 spiro atoms. The smallest absolute Gasteiger partial charge is 0.414 e. The van der Waals surface area contributed by atoms with Crippen LogP contribution in [-0.4, -0.2) is 36.2 Å². The van der Waals surface area contributed by atoms with Crippen molar-refractivity contribution in [3.05, 3.63) is 70.1 Å². The molecule has 2 aromatic carbocycles. The summed E-state index contributed by atoms with van der Waals surface area (Å²) >= 11 is 0. The number of benzene rings is 2. The van der Waals surface area contributed by atoms with E-state index in [-0.39, 0.29) is 6.04 Å². The number of ether oxygens (including phenoxy) is 1. The lowest BCUT2D eigenvalue weighted by Gasteiger charge is -2.40. The maximum Gasteiger partial charge on any atom is 0.414 e. The van der Waals surface area contributed by atoms with Crippen molar-refractivity contribution >= 4 is 17.5 Å². The molecule has 7 heteroatoms. The fraction of sp³-hybridized carbons (Fsp3) is 0.409. The summed E-state index contributed by atoms with van der Waals surface area (Å²) < 4.78 is 5.65. The van der Waals surface area contributed by atoms with Gasteiger partial charge in [0, 0.05) is 24.0 Å². The molecule has 0 bridgehead atoms. The molecular weight excluding hydrogens is 366 g/mol. The Hall–Kier alpha value is -3.02. The fourth-order valence-electron chi connectivity index (χ4n) is 3.58. The molecule has 1 atom stereocenters. The zero-order chi connectivity index (χ0) is 21.0. The molecule has 0 radical (unpaired) electrons. The van der Waals surface area contributed by atoms with E-state index in [1.54, 1.807) is 11.0 Å². The fourth-order valence-corrected chi connectivity index (χ4v) is 3.58. The summed E-state index contributed by atoms with van der Waals surface area (Å²) in [6.07, 6.45) is 0.324. The summed E-state index contributed by atoms with van der Waals surface area (Å²) in [5.74, 6) is 0. The van der Waals surface area contributed by atoms with Crippen LogP contribution in [0.4, 0.5) is 16.2 Å². The van der Waals surface area contributed by atoms with Crippen molar-refractivity contribution in [2.45, 2.75) is 45.4 Å². The molecule has 1 aliphatic heterocycles. The first-order chi connectivity index (χ1) is 13.8. The van der Waals surface area contributed by atoms with Gasteiger partial charge >= 0.3 is 6.09 Å². The van der Waals surface area contributed by atoms with Crippen molar-refractivity contribution in [1.29, 1.82) is 0 Å². The first kappa shape index (κ1) is 20.7. The van der Waals surface area contributed by atoms with Crippen molar-refractivity contribution in [2.24, 2.45) is 5.11 Å². The van der Waals surface area contributed by atoms with Gasteiger partial charge in [0.25, 0.3) is 0 Å². The number of amides is 1. The van der Waals surface area contributed by atoms with Gasteiger partial charge in [-0.05, 0) is 50.9 Å². The quantitative estimate of drug-likeness (QED) is 0.395. The number of para-hydroxylation sites is 1. The molecule has 7 nitrogen and oxygen atoms in total. The summed E-state index contributed by atoms with van der Waals surface area (Å²) in [6, 6.07) is 15.9. The number of rotatable bonds is 4. The minimum atomic E-state index is -0.617. The van der Waals surface area contributed by atoms with Crippen LogP contribution >= 0.6 is 0 Å². The SMILES string of the molecule is CN(Cc1ccccc1)[C@@H]1Cc2cccc(N=[N+]=[N-])c2N(C(=O)OC(C)(C)C)C1. The summed E-state index contributed by atoms with van der Waals surface area (Å²) in [7, 11) is 2.06. The second-order valence-electron chi connectivity index (χ2n) is 8.32. The highest BCUT2D eigenvalue weighted by molar-refractivity contribution is 5.94. The Morgan fingerprint density at radius 1 is 1.24 bits per heavy atom. The lowest BCUT2D eigenvalue weighted by molar-refractivity contribution is 0.0563. The van der Waals surface area contributed by atoms with Crippen molar-refractivity contribution in [2.75, 3.05) is 18.5 Å². The molecule has 0 unspecified atom stereocenters. The maximum atomic E-state index is 13.0. The number of nitrogens with zero attached hydrogens (tertiary/aromatic N) is 5. The van der Waals surface area contributed by atoms with Gasteiger partial charge in [-0.1, -0.05) is 53.6 Å². The van der Waals surface area contributed by atoms with Gasteiger partial charge in [-0.2, -0.15) is 0 Å². The van der Waals surface area contributed by atoms with Crippen LogP contribution in [-0.2, 0) is 17.7 Å². The van der Waals surface area contributed by atoms with Crippen molar-refractivity contribution in [3.63, 3.8) is 0 Å². The predicted molar refractivity (Wildman–Crippen MR) is 114 cm³/mol. The molecule has 0 fully saturated rings. The van der Waals surface area contributed by atoms with E-state index in [0.717, 1.165) is 18.5 Å². The number of likely N-dealkylation sites (N-methyl/N-ethyl adjacent to an activating group) is 1. The van der Waals surface area contributed by atoms with Crippen LogP contribution in [0.15, 0.2) is 53.6 Å². The second-order valence-corrected chi connectivity index (χ2v) is 8.32. The molecule has 0 saturated carbocycles. The lowest BCUT2D eigenvalue weighted by atomic mass is 9.96. The van der Waals surface area contributed by atoms with Crippen LogP contribution in [0.25, 0.3) is 10.4 Å². The van der Waals surface area contributed by atoms with Crippen molar-refractivity contribution in [3.8, 4) is 0 Å². The van der Waals surface area contributed by atoms with Crippen molar-refractivity contribution in [1.82, 2.24) is 4.90 Å². The maximum absolute atomic E-state index is 13.0. The van der Waals surface area contributed by atoms with Crippen LogP contribution in [0.3, 0.4) is 0 Å². The lowest BCUT2D eigenvalue weighted by Crippen LogP contribution is -2.50. The van der Waals surface area contributed by atoms with Crippen LogP contribution in [0.1, 0.15) is 31.9 Å². The molecule has 1 aliphatic rings. The average molecular weight is 393 g/mol. The third-order valence-corrected chi connectivity index (χ3v) is 4.88. The van der Waals surface area contributed by atoms with Gasteiger partial charge in [-0.15, -0.1) is 0 Å². The van der Waals surface area contributed by atoms with E-state index in [4.69, 9.17) is 10.3 Å². The van der Waals surface area contributed by atoms with Gasteiger partial charge in [0.15, 0.2) is 0 Å². The number of azide groups is 1. The Labute approximate surface area is 171 Å². The molecule has 0 aromatic heterocycles. The highest BCUT2D eigenvalue weighted by Gasteiger charge is 2.34. The number of fused-ring (bicyclic) bond motifs is 1. The van der Waals surface area contributed by atoms with Gasteiger partial charge in [0.2, 0.25) is 0 Å². The zero-order valence-electron chi connectivity index (χ0n) is 17.4. The summed E-state index contributed by atoms with van der Waals surface area (Å²) in [5.41, 5.74) is 11.6. The number of carbonyl (C=O) groups is 1. The molecule has 1 amide bonds. The summed E-state index contributed by atoms with van der Waals surface area (Å²) in [5, 5.41) is 3.80. The third kappa shape index (κ3) is 5.08. The number of carbonyl (C=O) groups excluding carboxylic acids is 1. The van der Waals surface area contributed by atoms with Gasteiger partial charge < -0.3 is 4.74 Å². The molecule has 0 saturated heterocycles. The summed E-state index contributed by atoms with van der Waals surface area (Å²) in [6.45, 7) is 6.76.